The second-order valence-electron chi connectivity index (χ2n) is 6.59. The van der Waals surface area contributed by atoms with Crippen molar-refractivity contribution in [3.63, 3.8) is 0 Å². The molecule has 0 bridgehead atoms. The van der Waals surface area contributed by atoms with Gasteiger partial charge in [0.2, 0.25) is 0 Å². The van der Waals surface area contributed by atoms with Gasteiger partial charge in [-0.05, 0) is 31.9 Å². The molecule has 1 N–H and O–H groups in total. The lowest BCUT2D eigenvalue weighted by molar-refractivity contribution is -0.0696. The summed E-state index contributed by atoms with van der Waals surface area (Å²) in [4.78, 5) is 14.8. The lowest BCUT2D eigenvalue weighted by atomic mass is 9.58. The number of nitriles is 1. The minimum absolute atomic E-state index is 0.262. The Kier molecular flexibility index (Phi) is 2.89. The lowest BCUT2D eigenvalue weighted by Gasteiger charge is -2.50. The Hall–Kier alpha value is -2.23. The van der Waals surface area contributed by atoms with Gasteiger partial charge in [0.1, 0.15) is 23.1 Å². The normalized spacial score (nSPS) is 28.3. The summed E-state index contributed by atoms with van der Waals surface area (Å²) in [5.74, 6) is 1.37. The first-order valence-corrected chi connectivity index (χ1v) is 7.69. The number of anilines is 2. The van der Waals surface area contributed by atoms with Crippen LogP contribution in [-0.4, -0.2) is 32.2 Å². The van der Waals surface area contributed by atoms with Gasteiger partial charge in [0.15, 0.2) is 0 Å². The molecule has 2 aliphatic rings. The zero-order valence-electron chi connectivity index (χ0n) is 12.5. The second kappa shape index (κ2) is 4.63. The van der Waals surface area contributed by atoms with Crippen LogP contribution in [0.2, 0.25) is 5.15 Å². The number of fused-ring (bicyclic) bond motifs is 2. The Balaban J connectivity index is 1.83. The van der Waals surface area contributed by atoms with Crippen LogP contribution in [0.1, 0.15) is 30.9 Å². The van der Waals surface area contributed by atoms with Gasteiger partial charge in [-0.15, -0.1) is 0 Å². The van der Waals surface area contributed by atoms with Gasteiger partial charge in [-0.2, -0.15) is 5.26 Å². The van der Waals surface area contributed by atoms with Gasteiger partial charge >= 0.3 is 0 Å². The highest BCUT2D eigenvalue weighted by Crippen LogP contribution is 2.58. The highest BCUT2D eigenvalue weighted by molar-refractivity contribution is 6.30. The van der Waals surface area contributed by atoms with Crippen molar-refractivity contribution in [3.8, 4) is 6.07 Å². The van der Waals surface area contributed by atoms with Crippen molar-refractivity contribution in [3.05, 3.63) is 40.9 Å². The molecule has 2 aromatic heterocycles. The molecule has 0 radical (unpaired) electrons. The molecular formula is C16H14ClN5O. The molecular weight excluding hydrogens is 314 g/mol. The Morgan fingerprint density at radius 3 is 2.83 bits per heavy atom. The molecule has 0 atom stereocenters. The average Bonchev–Trinajstić information content (AvgIpc) is 2.82. The minimum atomic E-state index is -0.700. The van der Waals surface area contributed by atoms with E-state index in [1.54, 1.807) is 18.3 Å². The third kappa shape index (κ3) is 2.08. The number of pyridine rings is 1. The van der Waals surface area contributed by atoms with Gasteiger partial charge < -0.3 is 10.0 Å². The van der Waals surface area contributed by atoms with E-state index < -0.39 is 5.60 Å². The van der Waals surface area contributed by atoms with Crippen molar-refractivity contribution in [2.75, 3.05) is 11.4 Å². The molecule has 1 aliphatic carbocycles. The fraction of sp³-hybridized carbons (Fsp3) is 0.375. The van der Waals surface area contributed by atoms with Crippen LogP contribution in [0.15, 0.2) is 24.7 Å². The first-order valence-electron chi connectivity index (χ1n) is 7.31. The predicted octanol–water partition coefficient (Wildman–Crippen LogP) is 2.33. The Morgan fingerprint density at radius 2 is 2.13 bits per heavy atom. The average molecular weight is 328 g/mol. The fourth-order valence-corrected chi connectivity index (χ4v) is 4.32. The monoisotopic (exact) mass is 327 g/mol. The van der Waals surface area contributed by atoms with E-state index >= 15 is 0 Å². The second-order valence-corrected chi connectivity index (χ2v) is 6.95. The van der Waals surface area contributed by atoms with E-state index in [0.717, 1.165) is 5.56 Å². The molecule has 1 spiro atoms. The lowest BCUT2D eigenvalue weighted by Crippen LogP contribution is -2.54. The smallest absolute Gasteiger partial charge is 0.142 e. The van der Waals surface area contributed by atoms with Crippen molar-refractivity contribution in [2.45, 2.75) is 30.8 Å². The zero-order chi connectivity index (χ0) is 16.2. The SMILES string of the molecule is CC1(O)CC2(CN(c3cc(C#N)ccn3)c3ncnc(Cl)c32)C1. The molecule has 1 aliphatic heterocycles. The number of aliphatic hydroxyl groups is 1. The highest BCUT2D eigenvalue weighted by atomic mass is 35.5. The van der Waals surface area contributed by atoms with E-state index in [1.807, 2.05) is 11.8 Å². The molecule has 0 saturated heterocycles. The van der Waals surface area contributed by atoms with Crippen LogP contribution in [0.5, 0.6) is 0 Å². The number of hydrogen-bond donors (Lipinski definition) is 1. The van der Waals surface area contributed by atoms with Crippen molar-refractivity contribution < 1.29 is 5.11 Å². The summed E-state index contributed by atoms with van der Waals surface area (Å²) in [7, 11) is 0. The van der Waals surface area contributed by atoms with E-state index in [0.29, 0.717) is 41.7 Å². The summed E-state index contributed by atoms with van der Waals surface area (Å²) in [6, 6.07) is 5.52. The van der Waals surface area contributed by atoms with Crippen molar-refractivity contribution in [1.29, 1.82) is 5.26 Å². The van der Waals surface area contributed by atoms with Crippen LogP contribution in [0.3, 0.4) is 0 Å². The maximum Gasteiger partial charge on any atom is 0.142 e. The van der Waals surface area contributed by atoms with Gasteiger partial charge in [-0.1, -0.05) is 11.6 Å². The van der Waals surface area contributed by atoms with Crippen LogP contribution >= 0.6 is 11.6 Å². The first-order chi connectivity index (χ1) is 10.9. The van der Waals surface area contributed by atoms with Crippen molar-refractivity contribution in [1.82, 2.24) is 15.0 Å². The topological polar surface area (TPSA) is 85.9 Å². The molecule has 7 heteroatoms. The Labute approximate surface area is 138 Å². The molecule has 3 heterocycles. The van der Waals surface area contributed by atoms with Crippen LogP contribution < -0.4 is 4.90 Å². The number of halogens is 1. The van der Waals surface area contributed by atoms with Crippen LogP contribution in [-0.2, 0) is 5.41 Å². The summed E-state index contributed by atoms with van der Waals surface area (Å²) in [5.41, 5.74) is 0.450. The van der Waals surface area contributed by atoms with Gasteiger partial charge in [0, 0.05) is 23.7 Å². The number of aromatic nitrogens is 3. The molecule has 4 rings (SSSR count). The first kappa shape index (κ1) is 14.4. The molecule has 0 unspecified atom stereocenters. The molecule has 6 nitrogen and oxygen atoms in total. The molecule has 23 heavy (non-hydrogen) atoms. The summed E-state index contributed by atoms with van der Waals surface area (Å²) >= 11 is 6.34. The molecule has 0 amide bonds. The third-order valence-corrected chi connectivity index (χ3v) is 4.90. The van der Waals surface area contributed by atoms with E-state index in [9.17, 15) is 5.11 Å². The quantitative estimate of drug-likeness (QED) is 0.809. The van der Waals surface area contributed by atoms with Gasteiger partial charge in [0.25, 0.3) is 0 Å². The minimum Gasteiger partial charge on any atom is -0.390 e. The number of hydrogen-bond acceptors (Lipinski definition) is 6. The molecule has 0 aromatic carbocycles. The van der Waals surface area contributed by atoms with Crippen LogP contribution in [0, 0.1) is 11.3 Å². The van der Waals surface area contributed by atoms with Gasteiger partial charge in [-0.3, -0.25) is 0 Å². The van der Waals surface area contributed by atoms with Gasteiger partial charge in [-0.25, -0.2) is 15.0 Å². The van der Waals surface area contributed by atoms with E-state index in [4.69, 9.17) is 16.9 Å². The largest absolute Gasteiger partial charge is 0.390 e. The van der Waals surface area contributed by atoms with Crippen molar-refractivity contribution in [2.24, 2.45) is 0 Å². The number of nitrogens with zero attached hydrogens (tertiary/aromatic N) is 5. The third-order valence-electron chi connectivity index (χ3n) is 4.62. The predicted molar refractivity (Wildman–Crippen MR) is 84.5 cm³/mol. The van der Waals surface area contributed by atoms with E-state index in [2.05, 4.69) is 21.0 Å². The number of rotatable bonds is 1. The summed E-state index contributed by atoms with van der Waals surface area (Å²) < 4.78 is 0. The molecule has 116 valence electrons. The fourth-order valence-electron chi connectivity index (χ4n) is 3.99. The Bertz CT molecular complexity index is 837. The van der Waals surface area contributed by atoms with E-state index in [1.165, 1.54) is 6.33 Å². The highest BCUT2D eigenvalue weighted by Gasteiger charge is 2.58. The van der Waals surface area contributed by atoms with Crippen molar-refractivity contribution >= 4 is 23.2 Å². The standard InChI is InChI=1S/C16H14ClN5O/c1-15(23)6-16(7-15)8-22(11-4-10(5-18)2-3-19-11)14-12(16)13(17)20-9-21-14/h2-4,9,23H,6-8H2,1H3. The van der Waals surface area contributed by atoms with Crippen LogP contribution in [0.4, 0.5) is 11.6 Å². The summed E-state index contributed by atoms with van der Waals surface area (Å²) in [6.07, 6.45) is 4.25. The van der Waals surface area contributed by atoms with Crippen LogP contribution in [0.25, 0.3) is 0 Å². The molecule has 2 aromatic rings. The summed E-state index contributed by atoms with van der Waals surface area (Å²) in [5, 5.41) is 19.8. The maximum atomic E-state index is 10.2. The summed E-state index contributed by atoms with van der Waals surface area (Å²) in [6.45, 7) is 2.45. The zero-order valence-corrected chi connectivity index (χ0v) is 13.2. The van der Waals surface area contributed by atoms with Gasteiger partial charge in [0.05, 0.1) is 17.2 Å². The molecule has 1 fully saturated rings. The molecule has 1 saturated carbocycles. The Morgan fingerprint density at radius 1 is 1.35 bits per heavy atom. The van der Waals surface area contributed by atoms with E-state index in [-0.39, 0.29) is 5.41 Å². The maximum absolute atomic E-state index is 10.2.